The molecule has 6 nitrogen and oxygen atoms in total. The van der Waals surface area contributed by atoms with E-state index in [0.717, 1.165) is 19.5 Å². The fourth-order valence-electron chi connectivity index (χ4n) is 3.03. The molecule has 0 radical (unpaired) electrons. The fraction of sp³-hybridized carbons (Fsp3) is 0.211. The second-order valence-corrected chi connectivity index (χ2v) is 6.05. The smallest absolute Gasteiger partial charge is 0.274 e. The highest BCUT2D eigenvalue weighted by atomic mass is 16.6. The van der Waals surface area contributed by atoms with E-state index in [-0.39, 0.29) is 11.3 Å². The van der Waals surface area contributed by atoms with E-state index in [9.17, 15) is 14.9 Å². The van der Waals surface area contributed by atoms with Gasteiger partial charge in [-0.1, -0.05) is 42.5 Å². The summed E-state index contributed by atoms with van der Waals surface area (Å²) >= 11 is 0. The summed E-state index contributed by atoms with van der Waals surface area (Å²) in [6, 6.07) is 14.6. The van der Waals surface area contributed by atoms with E-state index in [1.54, 1.807) is 12.1 Å². The van der Waals surface area contributed by atoms with Crippen molar-refractivity contribution in [3.63, 3.8) is 0 Å². The molecule has 2 N–H and O–H groups in total. The molecule has 1 aliphatic rings. The highest BCUT2D eigenvalue weighted by molar-refractivity contribution is 5.93. The van der Waals surface area contributed by atoms with Crippen LogP contribution in [0.5, 0.6) is 0 Å². The molecular weight excluding hydrogens is 318 g/mol. The zero-order valence-electron chi connectivity index (χ0n) is 13.7. The number of hydrogen-bond donors (Lipinski definition) is 1. The summed E-state index contributed by atoms with van der Waals surface area (Å²) in [5.41, 5.74) is 8.41. The number of nitro benzene ring substituents is 1. The van der Waals surface area contributed by atoms with Crippen LogP contribution in [0.3, 0.4) is 0 Å². The van der Waals surface area contributed by atoms with Crippen LogP contribution in [0, 0.1) is 10.1 Å². The Kier molecular flexibility index (Phi) is 4.90. The minimum absolute atomic E-state index is 0.0610. The van der Waals surface area contributed by atoms with Gasteiger partial charge in [-0.25, -0.2) is 0 Å². The number of nitro groups is 1. The van der Waals surface area contributed by atoms with Gasteiger partial charge in [0.2, 0.25) is 5.91 Å². The predicted molar refractivity (Wildman–Crippen MR) is 95.9 cm³/mol. The van der Waals surface area contributed by atoms with Crippen LogP contribution < -0.4 is 5.73 Å². The second-order valence-electron chi connectivity index (χ2n) is 6.05. The molecule has 0 atom stereocenters. The highest BCUT2D eigenvalue weighted by Crippen LogP contribution is 2.26. The molecule has 0 spiro atoms. The van der Waals surface area contributed by atoms with E-state index in [2.05, 4.69) is 23.1 Å². The Hall–Kier alpha value is -2.99. The molecule has 6 heteroatoms. The maximum Gasteiger partial charge on any atom is 0.274 e. The Labute approximate surface area is 145 Å². The quantitative estimate of drug-likeness (QED) is 0.671. The number of benzene rings is 2. The van der Waals surface area contributed by atoms with E-state index < -0.39 is 10.8 Å². The molecule has 3 rings (SSSR count). The number of nitrogens with two attached hydrogens (primary N) is 1. The van der Waals surface area contributed by atoms with Gasteiger partial charge in [-0.3, -0.25) is 19.8 Å². The van der Waals surface area contributed by atoms with E-state index in [1.165, 1.54) is 17.2 Å². The Balaban J connectivity index is 1.75. The minimum Gasteiger partial charge on any atom is -0.366 e. The second kappa shape index (κ2) is 7.27. The van der Waals surface area contributed by atoms with Crippen molar-refractivity contribution in [2.45, 2.75) is 13.0 Å². The molecule has 128 valence electrons. The van der Waals surface area contributed by atoms with Crippen molar-refractivity contribution < 1.29 is 9.72 Å². The summed E-state index contributed by atoms with van der Waals surface area (Å²) in [6.45, 7) is 2.03. The van der Waals surface area contributed by atoms with Crippen molar-refractivity contribution in [1.29, 1.82) is 0 Å². The molecular formula is C19H19N3O3. The summed E-state index contributed by atoms with van der Waals surface area (Å²) in [5, 5.41) is 11.3. The van der Waals surface area contributed by atoms with Crippen LogP contribution in [-0.4, -0.2) is 28.8 Å². The number of primary amides is 1. The SMILES string of the molecule is NC(=O)c1ccc(CN2CC=C(c3ccccc3)CC2)c([N+](=O)[O-])c1. The van der Waals surface area contributed by atoms with Crippen LogP contribution in [0.2, 0.25) is 0 Å². The normalized spacial score (nSPS) is 14.8. The van der Waals surface area contributed by atoms with E-state index in [1.807, 2.05) is 18.2 Å². The van der Waals surface area contributed by atoms with Crippen LogP contribution >= 0.6 is 0 Å². The first kappa shape index (κ1) is 16.9. The third-order valence-electron chi connectivity index (χ3n) is 4.40. The van der Waals surface area contributed by atoms with Crippen LogP contribution in [0.15, 0.2) is 54.6 Å². The summed E-state index contributed by atoms with van der Waals surface area (Å²) in [7, 11) is 0. The monoisotopic (exact) mass is 337 g/mol. The molecule has 0 bridgehead atoms. The number of nitrogens with zero attached hydrogens (tertiary/aromatic N) is 2. The lowest BCUT2D eigenvalue weighted by Crippen LogP contribution is -2.28. The average Bonchev–Trinajstić information content (AvgIpc) is 2.63. The summed E-state index contributed by atoms with van der Waals surface area (Å²) < 4.78 is 0. The van der Waals surface area contributed by atoms with Gasteiger partial charge < -0.3 is 5.73 Å². The highest BCUT2D eigenvalue weighted by Gasteiger charge is 2.20. The molecule has 0 aliphatic carbocycles. The lowest BCUT2D eigenvalue weighted by atomic mass is 9.99. The molecule has 1 aliphatic heterocycles. The van der Waals surface area contributed by atoms with E-state index >= 15 is 0 Å². The Morgan fingerprint density at radius 2 is 1.96 bits per heavy atom. The predicted octanol–water partition coefficient (Wildman–Crippen LogP) is 2.98. The molecule has 0 fully saturated rings. The lowest BCUT2D eigenvalue weighted by Gasteiger charge is -2.26. The van der Waals surface area contributed by atoms with Crippen LogP contribution in [0.1, 0.15) is 27.9 Å². The topological polar surface area (TPSA) is 89.5 Å². The number of rotatable bonds is 5. The first-order chi connectivity index (χ1) is 12.0. The first-order valence-electron chi connectivity index (χ1n) is 8.08. The Bertz CT molecular complexity index is 831. The Morgan fingerprint density at radius 1 is 1.20 bits per heavy atom. The van der Waals surface area contributed by atoms with Crippen molar-refractivity contribution in [1.82, 2.24) is 4.90 Å². The molecule has 0 unspecified atom stereocenters. The third kappa shape index (κ3) is 3.92. The molecule has 0 saturated carbocycles. The first-order valence-corrected chi connectivity index (χ1v) is 8.08. The van der Waals surface area contributed by atoms with E-state index in [4.69, 9.17) is 5.73 Å². The van der Waals surface area contributed by atoms with E-state index in [0.29, 0.717) is 12.1 Å². The van der Waals surface area contributed by atoms with Crippen LogP contribution in [-0.2, 0) is 6.54 Å². The van der Waals surface area contributed by atoms with Crippen LogP contribution in [0.25, 0.3) is 5.57 Å². The van der Waals surface area contributed by atoms with Gasteiger partial charge in [0.25, 0.3) is 5.69 Å². The lowest BCUT2D eigenvalue weighted by molar-refractivity contribution is -0.385. The molecule has 25 heavy (non-hydrogen) atoms. The Morgan fingerprint density at radius 3 is 2.56 bits per heavy atom. The van der Waals surface area contributed by atoms with Gasteiger partial charge >= 0.3 is 0 Å². The number of hydrogen-bond acceptors (Lipinski definition) is 4. The summed E-state index contributed by atoms with van der Waals surface area (Å²) in [4.78, 5) is 24.2. The minimum atomic E-state index is -0.664. The molecule has 1 amide bonds. The molecule has 0 aromatic heterocycles. The zero-order chi connectivity index (χ0) is 17.8. The van der Waals surface area contributed by atoms with Gasteiger partial charge in [-0.2, -0.15) is 0 Å². The maximum absolute atomic E-state index is 11.3. The number of amides is 1. The standard InChI is InChI=1S/C19H19N3O3/c20-19(23)16-6-7-17(18(12-16)22(24)25)13-21-10-8-15(9-11-21)14-4-2-1-3-5-14/h1-8,12H,9-11,13H2,(H2,20,23). The largest absolute Gasteiger partial charge is 0.366 e. The number of carbonyl (C=O) groups is 1. The molecule has 1 heterocycles. The average molecular weight is 337 g/mol. The molecule has 0 saturated heterocycles. The maximum atomic E-state index is 11.3. The zero-order valence-corrected chi connectivity index (χ0v) is 13.7. The van der Waals surface area contributed by atoms with Gasteiger partial charge in [-0.05, 0) is 23.6 Å². The van der Waals surface area contributed by atoms with Crippen molar-refractivity contribution in [3.05, 3.63) is 81.4 Å². The van der Waals surface area contributed by atoms with Crippen molar-refractivity contribution in [2.75, 3.05) is 13.1 Å². The summed E-state index contributed by atoms with van der Waals surface area (Å²) in [5.74, 6) is -0.664. The molecule has 2 aromatic carbocycles. The van der Waals surface area contributed by atoms with Gasteiger partial charge in [0, 0.05) is 36.8 Å². The van der Waals surface area contributed by atoms with Crippen LogP contribution in [0.4, 0.5) is 5.69 Å². The van der Waals surface area contributed by atoms with Crippen molar-refractivity contribution in [2.24, 2.45) is 5.73 Å². The molecule has 2 aromatic rings. The van der Waals surface area contributed by atoms with Crippen molar-refractivity contribution in [3.8, 4) is 0 Å². The van der Waals surface area contributed by atoms with Gasteiger partial charge in [0.15, 0.2) is 0 Å². The fourth-order valence-corrected chi connectivity index (χ4v) is 3.03. The summed E-state index contributed by atoms with van der Waals surface area (Å²) in [6.07, 6.45) is 3.07. The number of carbonyl (C=O) groups excluding carboxylic acids is 1. The van der Waals surface area contributed by atoms with Gasteiger partial charge in [-0.15, -0.1) is 0 Å². The third-order valence-corrected chi connectivity index (χ3v) is 4.40. The van der Waals surface area contributed by atoms with Crippen molar-refractivity contribution >= 4 is 17.2 Å². The van der Waals surface area contributed by atoms with Gasteiger partial charge in [0.05, 0.1) is 4.92 Å². The van der Waals surface area contributed by atoms with Gasteiger partial charge in [0.1, 0.15) is 0 Å².